The Balaban J connectivity index is 1.66. The van der Waals surface area contributed by atoms with Crippen molar-refractivity contribution in [1.82, 2.24) is 20.1 Å². The first-order chi connectivity index (χ1) is 11.6. The normalized spacial score (nSPS) is 11.9. The second-order valence-corrected chi connectivity index (χ2v) is 6.40. The highest BCUT2D eigenvalue weighted by Crippen LogP contribution is 2.19. The maximum atomic E-state index is 12.3. The minimum atomic E-state index is -0.247. The van der Waals surface area contributed by atoms with Gasteiger partial charge < -0.3 is 10.6 Å². The summed E-state index contributed by atoms with van der Waals surface area (Å²) in [6, 6.07) is 9.20. The van der Waals surface area contributed by atoms with Crippen LogP contribution in [0.2, 0.25) is 0 Å². The SMILES string of the molecule is Cc1csc([C@H](C)NC(=O)Nc2ccccc2Cn2cccn2)n1. The molecule has 1 atom stereocenters. The molecule has 2 N–H and O–H groups in total. The number of benzene rings is 1. The first-order valence-corrected chi connectivity index (χ1v) is 8.54. The fourth-order valence-electron chi connectivity index (χ4n) is 2.34. The summed E-state index contributed by atoms with van der Waals surface area (Å²) in [7, 11) is 0. The monoisotopic (exact) mass is 341 g/mol. The number of carbonyl (C=O) groups excluding carboxylic acids is 1. The van der Waals surface area contributed by atoms with E-state index in [-0.39, 0.29) is 12.1 Å². The summed E-state index contributed by atoms with van der Waals surface area (Å²) in [6.07, 6.45) is 3.63. The van der Waals surface area contributed by atoms with E-state index in [4.69, 9.17) is 0 Å². The van der Waals surface area contributed by atoms with Crippen molar-refractivity contribution in [3.8, 4) is 0 Å². The Hall–Kier alpha value is -2.67. The molecule has 0 radical (unpaired) electrons. The minimum Gasteiger partial charge on any atom is -0.329 e. The Morgan fingerprint density at radius 1 is 1.33 bits per heavy atom. The van der Waals surface area contributed by atoms with E-state index >= 15 is 0 Å². The Labute approximate surface area is 144 Å². The van der Waals surface area contributed by atoms with E-state index < -0.39 is 0 Å². The van der Waals surface area contributed by atoms with E-state index in [1.54, 1.807) is 17.5 Å². The molecule has 2 heterocycles. The van der Waals surface area contributed by atoms with E-state index in [1.165, 1.54) is 0 Å². The molecule has 0 unspecified atom stereocenters. The van der Waals surface area contributed by atoms with Crippen LogP contribution in [-0.4, -0.2) is 20.8 Å². The van der Waals surface area contributed by atoms with Crippen LogP contribution < -0.4 is 10.6 Å². The Kier molecular flexibility index (Phi) is 4.90. The number of amides is 2. The first kappa shape index (κ1) is 16.2. The van der Waals surface area contributed by atoms with Crippen molar-refractivity contribution >= 4 is 23.1 Å². The third-order valence-electron chi connectivity index (χ3n) is 3.51. The number of urea groups is 1. The molecule has 24 heavy (non-hydrogen) atoms. The highest BCUT2D eigenvalue weighted by molar-refractivity contribution is 7.09. The van der Waals surface area contributed by atoms with Crippen molar-refractivity contribution < 1.29 is 4.79 Å². The third-order valence-corrected chi connectivity index (χ3v) is 4.66. The average Bonchev–Trinajstić information content (AvgIpc) is 3.21. The van der Waals surface area contributed by atoms with E-state index in [2.05, 4.69) is 20.7 Å². The van der Waals surface area contributed by atoms with Gasteiger partial charge in [0, 0.05) is 29.2 Å². The molecule has 0 aliphatic rings. The molecule has 0 spiro atoms. The summed E-state index contributed by atoms with van der Waals surface area (Å²) in [5.41, 5.74) is 2.73. The highest BCUT2D eigenvalue weighted by Gasteiger charge is 2.13. The van der Waals surface area contributed by atoms with Gasteiger partial charge in [0.25, 0.3) is 0 Å². The van der Waals surface area contributed by atoms with Gasteiger partial charge in [-0.25, -0.2) is 9.78 Å². The highest BCUT2D eigenvalue weighted by atomic mass is 32.1. The van der Waals surface area contributed by atoms with Crippen LogP contribution in [0.15, 0.2) is 48.1 Å². The summed E-state index contributed by atoms with van der Waals surface area (Å²) in [5, 5.41) is 12.9. The van der Waals surface area contributed by atoms with Crippen LogP contribution in [-0.2, 0) is 6.54 Å². The molecule has 2 amide bonds. The molecule has 6 nitrogen and oxygen atoms in total. The molecule has 3 rings (SSSR count). The molecule has 3 aromatic rings. The summed E-state index contributed by atoms with van der Waals surface area (Å²) in [5.74, 6) is 0. The van der Waals surface area contributed by atoms with Gasteiger partial charge in [0.2, 0.25) is 0 Å². The maximum Gasteiger partial charge on any atom is 0.319 e. The van der Waals surface area contributed by atoms with Crippen LogP contribution in [0.4, 0.5) is 10.5 Å². The minimum absolute atomic E-state index is 0.137. The van der Waals surface area contributed by atoms with Crippen molar-refractivity contribution in [3.05, 3.63) is 64.4 Å². The Morgan fingerprint density at radius 3 is 2.88 bits per heavy atom. The van der Waals surface area contributed by atoms with E-state index in [0.717, 1.165) is 22.0 Å². The number of nitrogens with one attached hydrogen (secondary N) is 2. The van der Waals surface area contributed by atoms with Crippen molar-refractivity contribution in [2.75, 3.05) is 5.32 Å². The van der Waals surface area contributed by atoms with E-state index in [9.17, 15) is 4.79 Å². The lowest BCUT2D eigenvalue weighted by Crippen LogP contribution is -2.31. The van der Waals surface area contributed by atoms with Crippen LogP contribution in [0.5, 0.6) is 0 Å². The third kappa shape index (κ3) is 3.99. The summed E-state index contributed by atoms with van der Waals surface area (Å²) in [4.78, 5) is 16.7. The summed E-state index contributed by atoms with van der Waals surface area (Å²) >= 11 is 1.55. The zero-order valence-corrected chi connectivity index (χ0v) is 14.4. The van der Waals surface area contributed by atoms with Crippen LogP contribution in [0.25, 0.3) is 0 Å². The quantitative estimate of drug-likeness (QED) is 0.745. The van der Waals surface area contributed by atoms with Gasteiger partial charge in [-0.1, -0.05) is 18.2 Å². The molecular formula is C17H19N5OS. The smallest absolute Gasteiger partial charge is 0.319 e. The number of aromatic nitrogens is 3. The van der Waals surface area contributed by atoms with Gasteiger partial charge >= 0.3 is 6.03 Å². The van der Waals surface area contributed by atoms with Gasteiger partial charge in [-0.15, -0.1) is 11.3 Å². The number of rotatable bonds is 5. The number of carbonyl (C=O) groups is 1. The van der Waals surface area contributed by atoms with Gasteiger partial charge in [-0.05, 0) is 31.5 Å². The van der Waals surface area contributed by atoms with Crippen molar-refractivity contribution in [2.45, 2.75) is 26.4 Å². The second-order valence-electron chi connectivity index (χ2n) is 5.51. The predicted molar refractivity (Wildman–Crippen MR) is 95.2 cm³/mol. The lowest BCUT2D eigenvalue weighted by atomic mass is 10.2. The number of anilines is 1. The predicted octanol–water partition coefficient (Wildman–Crippen LogP) is 3.58. The summed E-state index contributed by atoms with van der Waals surface area (Å²) < 4.78 is 1.82. The fourth-order valence-corrected chi connectivity index (χ4v) is 3.14. The average molecular weight is 341 g/mol. The Morgan fingerprint density at radius 2 is 2.17 bits per heavy atom. The van der Waals surface area contributed by atoms with Crippen molar-refractivity contribution in [3.63, 3.8) is 0 Å². The number of aryl methyl sites for hydroxylation is 1. The maximum absolute atomic E-state index is 12.3. The number of nitrogens with zero attached hydrogens (tertiary/aromatic N) is 3. The van der Waals surface area contributed by atoms with E-state index in [1.807, 2.05) is 60.4 Å². The zero-order valence-electron chi connectivity index (χ0n) is 13.6. The number of hydrogen-bond donors (Lipinski definition) is 2. The molecule has 0 aliphatic carbocycles. The van der Waals surface area contributed by atoms with Gasteiger partial charge in [0.15, 0.2) is 0 Å². The molecule has 124 valence electrons. The van der Waals surface area contributed by atoms with Gasteiger partial charge in [-0.3, -0.25) is 4.68 Å². The molecule has 0 aliphatic heterocycles. The lowest BCUT2D eigenvalue weighted by Gasteiger charge is -2.15. The molecular weight excluding hydrogens is 322 g/mol. The zero-order chi connectivity index (χ0) is 16.9. The molecule has 0 fully saturated rings. The molecule has 7 heteroatoms. The molecule has 0 bridgehead atoms. The van der Waals surface area contributed by atoms with Crippen LogP contribution >= 0.6 is 11.3 Å². The largest absolute Gasteiger partial charge is 0.329 e. The lowest BCUT2D eigenvalue weighted by molar-refractivity contribution is 0.249. The van der Waals surface area contributed by atoms with Crippen LogP contribution in [0, 0.1) is 6.92 Å². The van der Waals surface area contributed by atoms with Crippen LogP contribution in [0.3, 0.4) is 0 Å². The van der Waals surface area contributed by atoms with Crippen molar-refractivity contribution in [2.24, 2.45) is 0 Å². The topological polar surface area (TPSA) is 71.8 Å². The fraction of sp³-hybridized carbons (Fsp3) is 0.235. The number of para-hydroxylation sites is 1. The molecule has 0 saturated carbocycles. The standard InChI is InChI=1S/C17H19N5OS/c1-12-11-24-16(19-12)13(2)20-17(23)21-15-7-4-3-6-14(15)10-22-9-5-8-18-22/h3-9,11,13H,10H2,1-2H3,(H2,20,21,23)/t13-/m0/s1. The summed E-state index contributed by atoms with van der Waals surface area (Å²) in [6.45, 7) is 4.47. The Bertz CT molecular complexity index is 812. The second kappa shape index (κ2) is 7.27. The molecule has 0 saturated heterocycles. The first-order valence-electron chi connectivity index (χ1n) is 7.66. The van der Waals surface area contributed by atoms with Gasteiger partial charge in [-0.2, -0.15) is 5.10 Å². The van der Waals surface area contributed by atoms with E-state index in [0.29, 0.717) is 6.54 Å². The number of hydrogen-bond acceptors (Lipinski definition) is 4. The van der Waals surface area contributed by atoms with Gasteiger partial charge in [0.1, 0.15) is 5.01 Å². The van der Waals surface area contributed by atoms with Crippen molar-refractivity contribution in [1.29, 1.82) is 0 Å². The van der Waals surface area contributed by atoms with Gasteiger partial charge in [0.05, 0.1) is 12.6 Å². The molecule has 1 aromatic carbocycles. The van der Waals surface area contributed by atoms with Crippen LogP contribution in [0.1, 0.15) is 29.2 Å². The molecule has 2 aromatic heterocycles. The number of thiazole rings is 1.